The zero-order valence-corrected chi connectivity index (χ0v) is 28.2. The van der Waals surface area contributed by atoms with Gasteiger partial charge in [0.25, 0.3) is 0 Å². The van der Waals surface area contributed by atoms with Gasteiger partial charge in [-0.2, -0.15) is 0 Å². The van der Waals surface area contributed by atoms with E-state index in [0.717, 1.165) is 61.7 Å². The summed E-state index contributed by atoms with van der Waals surface area (Å²) in [4.78, 5) is 31.2. The number of anilines is 2. The third-order valence-electron chi connectivity index (χ3n) is 7.51. The van der Waals surface area contributed by atoms with Crippen LogP contribution < -0.4 is 25.8 Å². The van der Waals surface area contributed by atoms with E-state index in [0.29, 0.717) is 30.3 Å². The Kier molecular flexibility index (Phi) is 13.0. The molecule has 11 nitrogen and oxygen atoms in total. The molecule has 1 saturated heterocycles. The molecule has 2 heterocycles. The number of carbonyl (C=O) groups is 2. The molecule has 0 bridgehead atoms. The van der Waals surface area contributed by atoms with Gasteiger partial charge in [0.2, 0.25) is 21.8 Å². The number of amides is 3. The maximum absolute atomic E-state index is 14.4. The molecule has 5 N–H and O–H groups in total. The SMILES string of the molecule is CCCCC1CC(NC(=O)Nc2cc(C(N)=O)c(Cl)cc2F)CCN1Cc1ccc(Oc2ccc(NS(C)(=O)=O)cc2C)nc1.Cl. The number of pyridine rings is 1. The van der Waals surface area contributed by atoms with Crippen LogP contribution in [0.3, 0.4) is 0 Å². The highest BCUT2D eigenvalue weighted by Gasteiger charge is 2.29. The molecule has 4 rings (SSSR count). The Morgan fingerprint density at radius 3 is 2.59 bits per heavy atom. The average Bonchev–Trinajstić information content (AvgIpc) is 2.96. The van der Waals surface area contributed by atoms with Crippen molar-refractivity contribution in [1.82, 2.24) is 15.2 Å². The largest absolute Gasteiger partial charge is 0.439 e. The lowest BCUT2D eigenvalue weighted by molar-refractivity contribution is 0.1000. The van der Waals surface area contributed by atoms with Crippen molar-refractivity contribution in [3.63, 3.8) is 0 Å². The first-order valence-electron chi connectivity index (χ1n) is 14.6. The number of halogens is 3. The molecule has 0 saturated carbocycles. The molecular weight excluding hydrogens is 658 g/mol. The molecule has 3 aromatic rings. The molecule has 2 unspecified atom stereocenters. The third kappa shape index (κ3) is 10.4. The van der Waals surface area contributed by atoms with Crippen LogP contribution in [-0.4, -0.2) is 55.1 Å². The number of nitrogens with zero attached hydrogens (tertiary/aromatic N) is 2. The molecule has 2 atom stereocenters. The predicted molar refractivity (Wildman–Crippen MR) is 180 cm³/mol. The number of aryl methyl sites for hydroxylation is 1. The number of ether oxygens (including phenoxy) is 1. The second-order valence-electron chi connectivity index (χ2n) is 11.2. The Bertz CT molecular complexity index is 1650. The van der Waals surface area contributed by atoms with Gasteiger partial charge in [0.1, 0.15) is 11.6 Å². The quantitative estimate of drug-likeness (QED) is 0.175. The Morgan fingerprint density at radius 1 is 1.20 bits per heavy atom. The van der Waals surface area contributed by atoms with Gasteiger partial charge in [0, 0.05) is 43.1 Å². The number of sulfonamides is 1. The normalized spacial score (nSPS) is 16.6. The number of hydrogen-bond acceptors (Lipinski definition) is 7. The van der Waals surface area contributed by atoms with Crippen molar-refractivity contribution in [3.05, 3.63) is 76.2 Å². The monoisotopic (exact) mass is 696 g/mol. The highest BCUT2D eigenvalue weighted by Crippen LogP contribution is 2.29. The van der Waals surface area contributed by atoms with E-state index in [1.54, 1.807) is 30.5 Å². The molecule has 250 valence electrons. The van der Waals surface area contributed by atoms with E-state index in [1.807, 2.05) is 13.0 Å². The van der Waals surface area contributed by atoms with Crippen LogP contribution in [0.1, 0.15) is 60.5 Å². The van der Waals surface area contributed by atoms with Gasteiger partial charge in [-0.3, -0.25) is 14.4 Å². The van der Waals surface area contributed by atoms with Gasteiger partial charge < -0.3 is 21.1 Å². The molecule has 0 spiro atoms. The third-order valence-corrected chi connectivity index (χ3v) is 8.43. The highest BCUT2D eigenvalue weighted by molar-refractivity contribution is 7.92. The van der Waals surface area contributed by atoms with Crippen molar-refractivity contribution in [3.8, 4) is 11.6 Å². The average molecular weight is 698 g/mol. The van der Waals surface area contributed by atoms with Crippen molar-refractivity contribution in [2.45, 2.75) is 64.6 Å². The molecule has 1 aliphatic heterocycles. The second-order valence-corrected chi connectivity index (χ2v) is 13.4. The molecule has 0 aliphatic carbocycles. The number of likely N-dealkylation sites (tertiary alicyclic amines) is 1. The van der Waals surface area contributed by atoms with Crippen LogP contribution in [0.5, 0.6) is 11.6 Å². The fourth-order valence-corrected chi connectivity index (χ4v) is 6.11. The minimum Gasteiger partial charge on any atom is -0.439 e. The number of benzene rings is 2. The molecule has 0 radical (unpaired) electrons. The van der Waals surface area contributed by atoms with Gasteiger partial charge in [-0.1, -0.05) is 37.4 Å². The smallest absolute Gasteiger partial charge is 0.319 e. The summed E-state index contributed by atoms with van der Waals surface area (Å²) in [6, 6.07) is 10.4. The van der Waals surface area contributed by atoms with E-state index in [-0.39, 0.29) is 40.8 Å². The van der Waals surface area contributed by atoms with Crippen LogP contribution in [0.4, 0.5) is 20.6 Å². The van der Waals surface area contributed by atoms with Gasteiger partial charge in [0.15, 0.2) is 0 Å². The van der Waals surface area contributed by atoms with E-state index in [4.69, 9.17) is 22.1 Å². The molecule has 1 fully saturated rings. The summed E-state index contributed by atoms with van der Waals surface area (Å²) in [5.41, 5.74) is 7.26. The molecule has 1 aromatic heterocycles. The number of urea groups is 1. The molecule has 46 heavy (non-hydrogen) atoms. The number of carbonyl (C=O) groups excluding carboxylic acids is 2. The minimum absolute atomic E-state index is 0. The number of hydrogen-bond donors (Lipinski definition) is 4. The van der Waals surface area contributed by atoms with Gasteiger partial charge in [0.05, 0.1) is 22.5 Å². The van der Waals surface area contributed by atoms with Crippen LogP contribution in [0.15, 0.2) is 48.7 Å². The van der Waals surface area contributed by atoms with E-state index in [9.17, 15) is 22.4 Å². The molecule has 2 aromatic carbocycles. The fourth-order valence-electron chi connectivity index (χ4n) is 5.31. The number of nitrogens with one attached hydrogen (secondary N) is 3. The summed E-state index contributed by atoms with van der Waals surface area (Å²) in [5.74, 6) is -0.601. The second kappa shape index (κ2) is 16.3. The van der Waals surface area contributed by atoms with Crippen LogP contribution >= 0.6 is 24.0 Å². The Labute approximate surface area is 279 Å². The molecule has 15 heteroatoms. The number of primary amides is 1. The first-order chi connectivity index (χ1) is 21.3. The van der Waals surface area contributed by atoms with Crippen LogP contribution in [-0.2, 0) is 16.6 Å². The lowest BCUT2D eigenvalue weighted by atomic mass is 9.93. The van der Waals surface area contributed by atoms with Crippen molar-refractivity contribution in [2.24, 2.45) is 5.73 Å². The summed E-state index contributed by atoms with van der Waals surface area (Å²) in [5, 5.41) is 5.29. The summed E-state index contributed by atoms with van der Waals surface area (Å²) in [6.07, 6.45) is 7.33. The zero-order valence-electron chi connectivity index (χ0n) is 25.8. The fraction of sp³-hybridized carbons (Fsp3) is 0.387. The topological polar surface area (TPSA) is 156 Å². The van der Waals surface area contributed by atoms with Gasteiger partial charge >= 0.3 is 6.03 Å². The standard InChI is InChI=1S/C31H38ClFN6O5S.ClH/c1-4-5-6-23-14-21(36-31(41)37-27-15-24(30(34)40)25(32)16-26(27)33)11-12-39(23)18-20-7-10-29(35-17-20)44-28-9-8-22(13-19(28)2)38-45(3,42)43;/h7-10,13,15-17,21,23,38H,4-6,11-12,14,18H2,1-3H3,(H2,34,40)(H2,36,37,41);1H. The zero-order chi connectivity index (χ0) is 32.7. The number of unbranched alkanes of at least 4 members (excludes halogenated alkanes) is 1. The van der Waals surface area contributed by atoms with E-state index in [1.165, 1.54) is 0 Å². The van der Waals surface area contributed by atoms with Crippen molar-refractivity contribution >= 4 is 57.3 Å². The maximum atomic E-state index is 14.4. The van der Waals surface area contributed by atoms with Crippen LogP contribution in [0.25, 0.3) is 0 Å². The lowest BCUT2D eigenvalue weighted by Crippen LogP contribution is -2.50. The minimum atomic E-state index is -3.38. The van der Waals surface area contributed by atoms with E-state index < -0.39 is 27.8 Å². The van der Waals surface area contributed by atoms with Crippen molar-refractivity contribution in [1.29, 1.82) is 0 Å². The molecule has 1 aliphatic rings. The van der Waals surface area contributed by atoms with Gasteiger partial charge in [-0.15, -0.1) is 12.4 Å². The lowest BCUT2D eigenvalue weighted by Gasteiger charge is -2.40. The van der Waals surface area contributed by atoms with E-state index in [2.05, 4.69) is 32.2 Å². The maximum Gasteiger partial charge on any atom is 0.319 e. The number of aromatic nitrogens is 1. The summed E-state index contributed by atoms with van der Waals surface area (Å²) in [7, 11) is -3.38. The summed E-state index contributed by atoms with van der Waals surface area (Å²) in [6.45, 7) is 5.38. The predicted octanol–water partition coefficient (Wildman–Crippen LogP) is 6.21. The Balaban J connectivity index is 0.00000576. The van der Waals surface area contributed by atoms with Gasteiger partial charge in [-0.05, 0) is 67.6 Å². The number of nitrogens with two attached hydrogens (primary N) is 1. The highest BCUT2D eigenvalue weighted by atomic mass is 35.5. The first kappa shape index (κ1) is 36.8. The van der Waals surface area contributed by atoms with Gasteiger partial charge in [-0.25, -0.2) is 22.6 Å². The summed E-state index contributed by atoms with van der Waals surface area (Å²) >= 11 is 5.88. The van der Waals surface area contributed by atoms with E-state index >= 15 is 0 Å². The van der Waals surface area contributed by atoms with Crippen LogP contribution in [0.2, 0.25) is 5.02 Å². The molecule has 3 amide bonds. The van der Waals surface area contributed by atoms with Crippen molar-refractivity contribution in [2.75, 3.05) is 22.8 Å². The first-order valence-corrected chi connectivity index (χ1v) is 16.9. The van der Waals surface area contributed by atoms with Crippen LogP contribution in [0, 0.1) is 12.7 Å². The number of rotatable bonds is 12. The van der Waals surface area contributed by atoms with Crippen molar-refractivity contribution < 1.29 is 27.1 Å². The summed E-state index contributed by atoms with van der Waals surface area (Å²) < 4.78 is 45.8. The molecular formula is C31H39Cl2FN6O5S. The Hall–Kier alpha value is -3.65. The Morgan fingerprint density at radius 2 is 1.96 bits per heavy atom. The number of piperidine rings is 1.